The number of carboxylic acid groups (broad SMARTS) is 1. The molecule has 7 nitrogen and oxygen atoms in total. The number of rotatable bonds is 6. The number of hydrogen-bond donors (Lipinski definition) is 2. The highest BCUT2D eigenvalue weighted by Gasteiger charge is 2.37. The fourth-order valence-corrected chi connectivity index (χ4v) is 4.10. The number of likely N-dealkylation sites (tertiary alicyclic amines) is 1. The molecule has 2 heterocycles. The Balaban J connectivity index is 1.60. The van der Waals surface area contributed by atoms with Gasteiger partial charge in [0.15, 0.2) is 0 Å². The second kappa shape index (κ2) is 8.97. The standard InChI is InChI=1S/C20H27N3O4/c24-18(9-14-3-1-2-4-14)23-12-16(10-17(13-23)20(26)27)19(25)22-11-15-5-7-21-8-6-15/h5-8,14,16-17H,1-4,9-13H2,(H,22,25)(H,26,27)/t16-,17+/m1/s1. The van der Waals surface area contributed by atoms with Gasteiger partial charge in [0, 0.05) is 38.4 Å². The van der Waals surface area contributed by atoms with Crippen molar-refractivity contribution in [2.24, 2.45) is 17.8 Å². The van der Waals surface area contributed by atoms with Crippen LogP contribution in [-0.2, 0) is 20.9 Å². The second-order valence-electron chi connectivity index (χ2n) is 7.69. The molecular weight excluding hydrogens is 346 g/mol. The van der Waals surface area contributed by atoms with Gasteiger partial charge in [-0.1, -0.05) is 12.8 Å². The largest absolute Gasteiger partial charge is 0.481 e. The number of piperidine rings is 1. The predicted octanol–water partition coefficient (Wildman–Crippen LogP) is 1.83. The number of pyridine rings is 1. The molecule has 7 heteroatoms. The number of carbonyl (C=O) groups is 3. The molecule has 0 bridgehead atoms. The molecule has 1 aromatic heterocycles. The molecule has 1 saturated heterocycles. The third kappa shape index (κ3) is 5.28. The van der Waals surface area contributed by atoms with E-state index < -0.39 is 17.8 Å². The van der Waals surface area contributed by atoms with E-state index in [0.717, 1.165) is 31.2 Å². The minimum absolute atomic E-state index is 0.0141. The van der Waals surface area contributed by atoms with Crippen molar-refractivity contribution in [1.82, 2.24) is 15.2 Å². The summed E-state index contributed by atoms with van der Waals surface area (Å²) in [6, 6.07) is 3.64. The first-order valence-corrected chi connectivity index (χ1v) is 9.70. The lowest BCUT2D eigenvalue weighted by molar-refractivity contribution is -0.148. The molecule has 0 aromatic carbocycles. The maximum Gasteiger partial charge on any atom is 0.308 e. The molecule has 1 aromatic rings. The Morgan fingerprint density at radius 2 is 1.78 bits per heavy atom. The lowest BCUT2D eigenvalue weighted by Crippen LogP contribution is -2.50. The van der Waals surface area contributed by atoms with Gasteiger partial charge in [-0.05, 0) is 42.9 Å². The Hall–Kier alpha value is -2.44. The zero-order chi connectivity index (χ0) is 19.2. The molecule has 1 aliphatic carbocycles. The smallest absolute Gasteiger partial charge is 0.308 e. The van der Waals surface area contributed by atoms with Crippen LogP contribution in [0.1, 0.15) is 44.1 Å². The van der Waals surface area contributed by atoms with E-state index in [0.29, 0.717) is 25.4 Å². The lowest BCUT2D eigenvalue weighted by atomic mass is 9.88. The van der Waals surface area contributed by atoms with Gasteiger partial charge in [0.25, 0.3) is 0 Å². The Bertz CT molecular complexity index is 673. The third-order valence-corrected chi connectivity index (χ3v) is 5.68. The van der Waals surface area contributed by atoms with Crippen molar-refractivity contribution in [2.75, 3.05) is 13.1 Å². The lowest BCUT2D eigenvalue weighted by Gasteiger charge is -2.36. The highest BCUT2D eigenvalue weighted by molar-refractivity contribution is 5.83. The summed E-state index contributed by atoms with van der Waals surface area (Å²) in [4.78, 5) is 42.3. The molecule has 0 radical (unpaired) electrons. The van der Waals surface area contributed by atoms with Crippen LogP contribution < -0.4 is 5.32 Å². The summed E-state index contributed by atoms with van der Waals surface area (Å²) in [6.45, 7) is 0.873. The number of nitrogens with zero attached hydrogens (tertiary/aromatic N) is 2. The Morgan fingerprint density at radius 1 is 1.11 bits per heavy atom. The van der Waals surface area contributed by atoms with Crippen LogP contribution in [0, 0.1) is 17.8 Å². The summed E-state index contributed by atoms with van der Waals surface area (Å²) >= 11 is 0. The molecule has 2 N–H and O–H groups in total. The molecule has 2 aliphatic rings. The van der Waals surface area contributed by atoms with Gasteiger partial charge in [-0.25, -0.2) is 0 Å². The van der Waals surface area contributed by atoms with Crippen LogP contribution in [0.5, 0.6) is 0 Å². The highest BCUT2D eigenvalue weighted by atomic mass is 16.4. The van der Waals surface area contributed by atoms with Gasteiger partial charge in [0.2, 0.25) is 11.8 Å². The van der Waals surface area contributed by atoms with Crippen molar-refractivity contribution >= 4 is 17.8 Å². The fraction of sp³-hybridized carbons (Fsp3) is 0.600. The van der Waals surface area contributed by atoms with Gasteiger partial charge in [-0.3, -0.25) is 19.4 Å². The number of carboxylic acids is 1. The molecule has 1 aliphatic heterocycles. The molecule has 1 saturated carbocycles. The second-order valence-corrected chi connectivity index (χ2v) is 7.69. The Kier molecular flexibility index (Phi) is 6.42. The summed E-state index contributed by atoms with van der Waals surface area (Å²) in [7, 11) is 0. The molecular formula is C20H27N3O4. The van der Waals surface area contributed by atoms with E-state index in [4.69, 9.17) is 0 Å². The predicted molar refractivity (Wildman–Crippen MR) is 98.5 cm³/mol. The van der Waals surface area contributed by atoms with Crippen molar-refractivity contribution in [3.05, 3.63) is 30.1 Å². The van der Waals surface area contributed by atoms with Crippen LogP contribution in [0.15, 0.2) is 24.5 Å². The summed E-state index contributed by atoms with van der Waals surface area (Å²) in [5, 5.41) is 12.3. The zero-order valence-corrected chi connectivity index (χ0v) is 15.5. The first kappa shape index (κ1) is 19.3. The molecule has 146 valence electrons. The molecule has 3 rings (SSSR count). The number of amides is 2. The third-order valence-electron chi connectivity index (χ3n) is 5.68. The summed E-state index contributed by atoms with van der Waals surface area (Å²) < 4.78 is 0. The Labute approximate surface area is 159 Å². The van der Waals surface area contributed by atoms with Gasteiger partial charge < -0.3 is 15.3 Å². The van der Waals surface area contributed by atoms with Crippen LogP contribution >= 0.6 is 0 Å². The zero-order valence-electron chi connectivity index (χ0n) is 15.5. The number of hydrogen-bond acceptors (Lipinski definition) is 4. The maximum absolute atomic E-state index is 12.7. The number of aromatic nitrogens is 1. The average Bonchev–Trinajstić information content (AvgIpc) is 3.19. The molecule has 27 heavy (non-hydrogen) atoms. The first-order valence-electron chi connectivity index (χ1n) is 9.70. The number of carbonyl (C=O) groups excluding carboxylic acids is 2. The number of nitrogens with one attached hydrogen (secondary N) is 1. The molecule has 2 fully saturated rings. The van der Waals surface area contributed by atoms with Crippen LogP contribution in [0.4, 0.5) is 0 Å². The summed E-state index contributed by atoms with van der Waals surface area (Å²) in [5.74, 6) is -1.93. The van der Waals surface area contributed by atoms with E-state index in [-0.39, 0.29) is 24.8 Å². The molecule has 2 atom stereocenters. The quantitative estimate of drug-likeness (QED) is 0.792. The monoisotopic (exact) mass is 373 g/mol. The summed E-state index contributed by atoms with van der Waals surface area (Å²) in [6.07, 6.45) is 8.52. The van der Waals surface area contributed by atoms with Crippen LogP contribution in [0.25, 0.3) is 0 Å². The molecule has 0 unspecified atom stereocenters. The van der Waals surface area contributed by atoms with Crippen molar-refractivity contribution in [3.63, 3.8) is 0 Å². The van der Waals surface area contributed by atoms with Crippen molar-refractivity contribution in [1.29, 1.82) is 0 Å². The SMILES string of the molecule is O=C(O)[C@H]1C[C@@H](C(=O)NCc2ccncc2)CN(C(=O)CC2CCCC2)C1. The molecule has 0 spiro atoms. The van der Waals surface area contributed by atoms with Gasteiger partial charge >= 0.3 is 5.97 Å². The van der Waals surface area contributed by atoms with Gasteiger partial charge in [-0.15, -0.1) is 0 Å². The molecule has 2 amide bonds. The topological polar surface area (TPSA) is 99.6 Å². The van der Waals surface area contributed by atoms with E-state index in [2.05, 4.69) is 10.3 Å². The minimum atomic E-state index is -0.944. The number of aliphatic carboxylic acids is 1. The average molecular weight is 373 g/mol. The first-order chi connectivity index (χ1) is 13.0. The van der Waals surface area contributed by atoms with Crippen LogP contribution in [0.3, 0.4) is 0 Å². The van der Waals surface area contributed by atoms with E-state index in [1.165, 1.54) is 0 Å². The Morgan fingerprint density at radius 3 is 2.44 bits per heavy atom. The van der Waals surface area contributed by atoms with E-state index in [9.17, 15) is 19.5 Å². The van der Waals surface area contributed by atoms with Crippen molar-refractivity contribution in [2.45, 2.75) is 45.1 Å². The van der Waals surface area contributed by atoms with Crippen molar-refractivity contribution in [3.8, 4) is 0 Å². The van der Waals surface area contributed by atoms with E-state index >= 15 is 0 Å². The van der Waals surface area contributed by atoms with Crippen molar-refractivity contribution < 1.29 is 19.5 Å². The van der Waals surface area contributed by atoms with Crippen LogP contribution in [-0.4, -0.2) is 45.9 Å². The van der Waals surface area contributed by atoms with E-state index in [1.54, 1.807) is 17.3 Å². The van der Waals surface area contributed by atoms with Gasteiger partial charge in [0.1, 0.15) is 0 Å². The van der Waals surface area contributed by atoms with Gasteiger partial charge in [0.05, 0.1) is 11.8 Å². The normalized spacial score (nSPS) is 23.2. The van der Waals surface area contributed by atoms with E-state index in [1.807, 2.05) is 12.1 Å². The minimum Gasteiger partial charge on any atom is -0.481 e. The maximum atomic E-state index is 12.7. The van der Waals surface area contributed by atoms with Gasteiger partial charge in [-0.2, -0.15) is 0 Å². The summed E-state index contributed by atoms with van der Waals surface area (Å²) in [5.41, 5.74) is 0.929. The highest BCUT2D eigenvalue weighted by Crippen LogP contribution is 2.30. The van der Waals surface area contributed by atoms with Crippen LogP contribution in [0.2, 0.25) is 0 Å². The fourth-order valence-electron chi connectivity index (χ4n) is 4.10.